The first kappa shape index (κ1) is 16.0. The Hall–Kier alpha value is -1.07. The first-order chi connectivity index (χ1) is 9.02. The van der Waals surface area contributed by atoms with Gasteiger partial charge in [0.25, 0.3) is 0 Å². The van der Waals surface area contributed by atoms with Gasteiger partial charge < -0.3 is 9.84 Å². The molecule has 1 aromatic rings. The van der Waals surface area contributed by atoms with Crippen LogP contribution in [0.2, 0.25) is 0 Å². The zero-order valence-corrected chi connectivity index (χ0v) is 12.9. The van der Waals surface area contributed by atoms with Crippen LogP contribution in [0.25, 0.3) is 0 Å². The van der Waals surface area contributed by atoms with E-state index in [9.17, 15) is 4.79 Å². The van der Waals surface area contributed by atoms with E-state index in [2.05, 4.69) is 20.8 Å². The molecule has 1 N–H and O–H groups in total. The van der Waals surface area contributed by atoms with E-state index in [1.807, 2.05) is 38.1 Å². The van der Waals surface area contributed by atoms with Crippen molar-refractivity contribution >= 4 is 21.9 Å². The quantitative estimate of drug-likeness (QED) is 0.796. The van der Waals surface area contributed by atoms with Gasteiger partial charge in [-0.3, -0.25) is 9.69 Å². The maximum absolute atomic E-state index is 10.7. The summed E-state index contributed by atoms with van der Waals surface area (Å²) in [5.41, 5.74) is 0. The Balaban J connectivity index is 2.39. The second-order valence-electron chi connectivity index (χ2n) is 4.38. The van der Waals surface area contributed by atoms with Gasteiger partial charge in [0.2, 0.25) is 0 Å². The fourth-order valence-electron chi connectivity index (χ4n) is 1.91. The fraction of sp³-hybridized carbons (Fsp3) is 0.500. The lowest BCUT2D eigenvalue weighted by atomic mass is 10.2. The number of benzene rings is 1. The Kier molecular flexibility index (Phi) is 6.87. The average molecular weight is 330 g/mol. The van der Waals surface area contributed by atoms with Gasteiger partial charge in [0, 0.05) is 17.1 Å². The molecule has 0 aromatic heterocycles. The number of nitrogens with zero attached hydrogens (tertiary/aromatic N) is 1. The summed E-state index contributed by atoms with van der Waals surface area (Å²) in [6, 6.07) is 7.71. The number of ether oxygens (including phenoxy) is 1. The second kappa shape index (κ2) is 8.17. The molecular weight excluding hydrogens is 310 g/mol. The average Bonchev–Trinajstić information content (AvgIpc) is 2.33. The monoisotopic (exact) mass is 329 g/mol. The predicted molar refractivity (Wildman–Crippen MR) is 78.6 cm³/mol. The highest BCUT2D eigenvalue weighted by molar-refractivity contribution is 9.10. The molecule has 4 nitrogen and oxygen atoms in total. The largest absolute Gasteiger partial charge is 0.492 e. The van der Waals surface area contributed by atoms with Crippen molar-refractivity contribution < 1.29 is 14.6 Å². The first-order valence-electron chi connectivity index (χ1n) is 6.37. The van der Waals surface area contributed by atoms with Crippen LogP contribution < -0.4 is 4.74 Å². The normalized spacial score (nSPS) is 12.4. The molecule has 0 amide bonds. The van der Waals surface area contributed by atoms with Crippen LogP contribution >= 0.6 is 15.9 Å². The van der Waals surface area contributed by atoms with Crippen LogP contribution in [0.4, 0.5) is 0 Å². The number of hydrogen-bond acceptors (Lipinski definition) is 3. The molecule has 0 fully saturated rings. The summed E-state index contributed by atoms with van der Waals surface area (Å²) in [5, 5.41) is 8.80. The van der Waals surface area contributed by atoms with E-state index in [4.69, 9.17) is 9.84 Å². The van der Waals surface area contributed by atoms with Gasteiger partial charge in [0.05, 0.1) is 6.42 Å². The van der Waals surface area contributed by atoms with Crippen LogP contribution in [0, 0.1) is 0 Å². The van der Waals surface area contributed by atoms with Crippen molar-refractivity contribution in [1.82, 2.24) is 4.90 Å². The van der Waals surface area contributed by atoms with Crippen LogP contribution in [0.1, 0.15) is 20.3 Å². The highest BCUT2D eigenvalue weighted by Crippen LogP contribution is 2.17. The number of likely N-dealkylation sites (N-methyl/N-ethyl adjacent to an activating group) is 1. The maximum atomic E-state index is 10.7. The van der Waals surface area contributed by atoms with Crippen LogP contribution in [-0.4, -0.2) is 41.7 Å². The third-order valence-corrected chi connectivity index (χ3v) is 3.44. The Morgan fingerprint density at radius 1 is 1.53 bits per heavy atom. The molecule has 1 rings (SSSR count). The van der Waals surface area contributed by atoms with Crippen LogP contribution in [0.3, 0.4) is 0 Å². The number of carboxylic acids is 1. The van der Waals surface area contributed by atoms with Crippen molar-refractivity contribution in [2.75, 3.05) is 19.7 Å². The summed E-state index contributed by atoms with van der Waals surface area (Å²) >= 11 is 3.39. The van der Waals surface area contributed by atoms with Gasteiger partial charge in [-0.1, -0.05) is 28.9 Å². The summed E-state index contributed by atoms with van der Waals surface area (Å²) in [7, 11) is 0. The third kappa shape index (κ3) is 6.07. The molecule has 0 aliphatic carbocycles. The molecule has 1 aromatic carbocycles. The van der Waals surface area contributed by atoms with Crippen molar-refractivity contribution in [3.63, 3.8) is 0 Å². The zero-order valence-electron chi connectivity index (χ0n) is 11.3. The Morgan fingerprint density at radius 2 is 2.26 bits per heavy atom. The Morgan fingerprint density at radius 3 is 2.84 bits per heavy atom. The van der Waals surface area contributed by atoms with Gasteiger partial charge in [-0.2, -0.15) is 0 Å². The van der Waals surface area contributed by atoms with Gasteiger partial charge in [0.1, 0.15) is 12.4 Å². The standard InChI is InChI=1S/C14H20BrNO3/c1-3-16(11(2)9-14(17)18)7-8-19-13-6-4-5-12(15)10-13/h4-6,10-11H,3,7-9H2,1-2H3,(H,17,18). The molecule has 0 radical (unpaired) electrons. The molecule has 106 valence electrons. The van der Waals surface area contributed by atoms with Crippen LogP contribution in [-0.2, 0) is 4.79 Å². The topological polar surface area (TPSA) is 49.8 Å². The SMILES string of the molecule is CCN(CCOc1cccc(Br)c1)C(C)CC(=O)O. The van der Waals surface area contributed by atoms with Gasteiger partial charge in [-0.15, -0.1) is 0 Å². The number of rotatable bonds is 8. The smallest absolute Gasteiger partial charge is 0.304 e. The van der Waals surface area contributed by atoms with E-state index in [1.165, 1.54) is 0 Å². The van der Waals surface area contributed by atoms with Crippen molar-refractivity contribution in [3.05, 3.63) is 28.7 Å². The number of halogens is 1. The summed E-state index contributed by atoms with van der Waals surface area (Å²) in [6.45, 7) is 6.04. The molecule has 0 saturated heterocycles. The first-order valence-corrected chi connectivity index (χ1v) is 7.16. The molecule has 0 aliphatic heterocycles. The highest BCUT2D eigenvalue weighted by atomic mass is 79.9. The third-order valence-electron chi connectivity index (χ3n) is 2.94. The minimum absolute atomic E-state index is 0.0219. The predicted octanol–water partition coefficient (Wildman–Crippen LogP) is 3.01. The summed E-state index contributed by atoms with van der Waals surface area (Å²) in [4.78, 5) is 12.8. The number of carboxylic acid groups (broad SMARTS) is 1. The molecule has 0 bridgehead atoms. The number of hydrogen-bond donors (Lipinski definition) is 1. The molecule has 0 heterocycles. The lowest BCUT2D eigenvalue weighted by Crippen LogP contribution is -2.37. The maximum Gasteiger partial charge on any atom is 0.304 e. The van der Waals surface area contributed by atoms with E-state index in [0.29, 0.717) is 6.61 Å². The highest BCUT2D eigenvalue weighted by Gasteiger charge is 2.15. The molecule has 1 atom stereocenters. The van der Waals surface area contributed by atoms with Crippen molar-refractivity contribution in [2.45, 2.75) is 26.3 Å². The van der Waals surface area contributed by atoms with E-state index >= 15 is 0 Å². The van der Waals surface area contributed by atoms with E-state index < -0.39 is 5.97 Å². The minimum atomic E-state index is -0.765. The lowest BCUT2D eigenvalue weighted by molar-refractivity contribution is -0.138. The Bertz CT molecular complexity index is 411. The number of aliphatic carboxylic acids is 1. The molecule has 0 spiro atoms. The van der Waals surface area contributed by atoms with Crippen LogP contribution in [0.15, 0.2) is 28.7 Å². The van der Waals surface area contributed by atoms with E-state index in [0.717, 1.165) is 23.3 Å². The van der Waals surface area contributed by atoms with Gasteiger partial charge >= 0.3 is 5.97 Å². The second-order valence-corrected chi connectivity index (χ2v) is 5.30. The molecule has 0 aliphatic rings. The number of carbonyl (C=O) groups is 1. The fourth-order valence-corrected chi connectivity index (χ4v) is 2.29. The molecule has 1 unspecified atom stereocenters. The lowest BCUT2D eigenvalue weighted by Gasteiger charge is -2.26. The summed E-state index contributed by atoms with van der Waals surface area (Å²) in [5.74, 6) is 0.0511. The zero-order chi connectivity index (χ0) is 14.3. The summed E-state index contributed by atoms with van der Waals surface area (Å²) in [6.07, 6.45) is 0.157. The Labute approximate surface area is 122 Å². The summed E-state index contributed by atoms with van der Waals surface area (Å²) < 4.78 is 6.64. The van der Waals surface area contributed by atoms with Crippen molar-refractivity contribution in [2.24, 2.45) is 0 Å². The van der Waals surface area contributed by atoms with Crippen molar-refractivity contribution in [1.29, 1.82) is 0 Å². The van der Waals surface area contributed by atoms with E-state index in [1.54, 1.807) is 0 Å². The van der Waals surface area contributed by atoms with Gasteiger partial charge in [-0.25, -0.2) is 0 Å². The molecule has 5 heteroatoms. The van der Waals surface area contributed by atoms with Crippen molar-refractivity contribution in [3.8, 4) is 5.75 Å². The van der Waals surface area contributed by atoms with Crippen LogP contribution in [0.5, 0.6) is 5.75 Å². The van der Waals surface area contributed by atoms with Gasteiger partial charge in [0.15, 0.2) is 0 Å². The molecule has 0 saturated carbocycles. The van der Waals surface area contributed by atoms with E-state index in [-0.39, 0.29) is 12.5 Å². The molecular formula is C14H20BrNO3. The minimum Gasteiger partial charge on any atom is -0.492 e. The van der Waals surface area contributed by atoms with Gasteiger partial charge in [-0.05, 0) is 31.7 Å². The molecule has 19 heavy (non-hydrogen) atoms.